The summed E-state index contributed by atoms with van der Waals surface area (Å²) in [4.78, 5) is 23.6. The van der Waals surface area contributed by atoms with Gasteiger partial charge in [-0.1, -0.05) is 15.9 Å². The van der Waals surface area contributed by atoms with Gasteiger partial charge < -0.3 is 14.8 Å². The minimum absolute atomic E-state index is 0.179. The number of ether oxygens (including phenoxy) is 2. The molecule has 1 aliphatic rings. The number of anilines is 1. The topological polar surface area (TPSA) is 64.6 Å². The van der Waals surface area contributed by atoms with E-state index in [1.165, 1.54) is 20.0 Å². The Morgan fingerprint density at radius 3 is 2.29 bits per heavy atom. The SMILES string of the molecule is Cc1c(Br)ccc(NC=C2C(=O)OC(C)(C)OC2=O)c1Br. The summed E-state index contributed by atoms with van der Waals surface area (Å²) in [6, 6.07) is 3.67. The molecule has 112 valence electrons. The van der Waals surface area contributed by atoms with Gasteiger partial charge in [-0.25, -0.2) is 9.59 Å². The minimum Gasteiger partial charge on any atom is -0.419 e. The molecule has 0 bridgehead atoms. The van der Waals surface area contributed by atoms with Gasteiger partial charge in [-0.3, -0.25) is 0 Å². The van der Waals surface area contributed by atoms with Crippen molar-refractivity contribution in [3.05, 3.63) is 38.4 Å². The van der Waals surface area contributed by atoms with E-state index >= 15 is 0 Å². The van der Waals surface area contributed by atoms with Crippen LogP contribution in [0.25, 0.3) is 0 Å². The van der Waals surface area contributed by atoms with Gasteiger partial charge in [0, 0.05) is 29.0 Å². The standard InChI is InChI=1S/C14H13Br2NO4/c1-7-9(15)4-5-10(11(7)16)17-6-8-12(18)20-14(2,3)21-13(8)19/h4-6,17H,1-3H3. The third kappa shape index (κ3) is 3.47. The number of halogens is 2. The molecule has 1 fully saturated rings. The fourth-order valence-corrected chi connectivity index (χ4v) is 2.76. The van der Waals surface area contributed by atoms with E-state index in [1.54, 1.807) is 0 Å². The number of rotatable bonds is 2. The van der Waals surface area contributed by atoms with Crippen LogP contribution >= 0.6 is 31.9 Å². The lowest BCUT2D eigenvalue weighted by Gasteiger charge is -2.29. The van der Waals surface area contributed by atoms with E-state index < -0.39 is 17.7 Å². The van der Waals surface area contributed by atoms with Crippen molar-refractivity contribution in [1.29, 1.82) is 0 Å². The molecule has 0 atom stereocenters. The van der Waals surface area contributed by atoms with E-state index in [9.17, 15) is 9.59 Å². The molecular formula is C14H13Br2NO4. The quantitative estimate of drug-likeness (QED) is 0.451. The first-order valence-electron chi connectivity index (χ1n) is 6.09. The van der Waals surface area contributed by atoms with Crippen molar-refractivity contribution >= 4 is 49.5 Å². The molecular weight excluding hydrogens is 406 g/mol. The number of esters is 2. The zero-order chi connectivity index (χ0) is 15.8. The van der Waals surface area contributed by atoms with Crippen molar-refractivity contribution < 1.29 is 19.1 Å². The second kappa shape index (κ2) is 5.81. The first kappa shape index (κ1) is 16.0. The average Bonchev–Trinajstić information content (AvgIpc) is 2.36. The summed E-state index contributed by atoms with van der Waals surface area (Å²) in [5, 5.41) is 2.91. The smallest absolute Gasteiger partial charge is 0.350 e. The number of carbonyl (C=O) groups excluding carboxylic acids is 2. The Hall–Kier alpha value is -1.34. The van der Waals surface area contributed by atoms with Crippen LogP contribution in [0.5, 0.6) is 0 Å². The molecule has 0 unspecified atom stereocenters. The van der Waals surface area contributed by atoms with Crippen LogP contribution in [0.2, 0.25) is 0 Å². The van der Waals surface area contributed by atoms with Crippen LogP contribution in [0.4, 0.5) is 5.69 Å². The Balaban J connectivity index is 2.24. The summed E-state index contributed by atoms with van der Waals surface area (Å²) < 4.78 is 11.8. The number of nitrogens with one attached hydrogen (secondary N) is 1. The molecule has 0 spiro atoms. The molecule has 1 aromatic rings. The Morgan fingerprint density at radius 1 is 1.14 bits per heavy atom. The summed E-state index contributed by atoms with van der Waals surface area (Å²) in [7, 11) is 0. The lowest BCUT2D eigenvalue weighted by atomic mass is 10.2. The molecule has 21 heavy (non-hydrogen) atoms. The largest absolute Gasteiger partial charge is 0.419 e. The Bertz CT molecular complexity index is 631. The average molecular weight is 419 g/mol. The first-order chi connectivity index (χ1) is 9.71. The molecule has 1 heterocycles. The number of hydrogen-bond donors (Lipinski definition) is 1. The third-order valence-corrected chi connectivity index (χ3v) is 4.69. The number of hydrogen-bond acceptors (Lipinski definition) is 5. The molecule has 1 N–H and O–H groups in total. The maximum absolute atomic E-state index is 11.8. The molecule has 1 aromatic carbocycles. The zero-order valence-electron chi connectivity index (χ0n) is 11.6. The molecule has 0 aliphatic carbocycles. The fraction of sp³-hybridized carbons (Fsp3) is 0.286. The molecule has 1 saturated heterocycles. The second-order valence-electron chi connectivity index (χ2n) is 4.92. The van der Waals surface area contributed by atoms with Gasteiger partial charge in [-0.15, -0.1) is 0 Å². The van der Waals surface area contributed by atoms with Crippen molar-refractivity contribution in [2.45, 2.75) is 26.6 Å². The monoisotopic (exact) mass is 417 g/mol. The second-order valence-corrected chi connectivity index (χ2v) is 6.56. The van der Waals surface area contributed by atoms with Gasteiger partial charge in [0.05, 0.1) is 5.69 Å². The zero-order valence-corrected chi connectivity index (χ0v) is 14.8. The Labute approximate surface area is 138 Å². The number of benzene rings is 1. The molecule has 1 aliphatic heterocycles. The molecule has 7 heteroatoms. The summed E-state index contributed by atoms with van der Waals surface area (Å²) in [5.41, 5.74) is 1.53. The highest BCUT2D eigenvalue weighted by Crippen LogP contribution is 2.32. The summed E-state index contributed by atoms with van der Waals surface area (Å²) >= 11 is 6.87. The Morgan fingerprint density at radius 2 is 1.71 bits per heavy atom. The molecule has 0 saturated carbocycles. The van der Waals surface area contributed by atoms with Crippen LogP contribution in [0.3, 0.4) is 0 Å². The fourth-order valence-electron chi connectivity index (χ4n) is 1.70. The highest BCUT2D eigenvalue weighted by molar-refractivity contribution is 9.11. The van der Waals surface area contributed by atoms with E-state index in [0.717, 1.165) is 14.5 Å². The summed E-state index contributed by atoms with van der Waals surface area (Å²) in [6.45, 7) is 4.93. The van der Waals surface area contributed by atoms with E-state index in [-0.39, 0.29) is 5.57 Å². The molecule has 0 radical (unpaired) electrons. The Kier molecular flexibility index (Phi) is 4.43. The molecule has 2 rings (SSSR count). The highest BCUT2D eigenvalue weighted by atomic mass is 79.9. The number of cyclic esters (lactones) is 2. The third-order valence-electron chi connectivity index (χ3n) is 2.81. The van der Waals surface area contributed by atoms with Gasteiger partial charge in [-0.05, 0) is 40.5 Å². The van der Waals surface area contributed by atoms with E-state index in [0.29, 0.717) is 5.69 Å². The van der Waals surface area contributed by atoms with Crippen LogP contribution in [0, 0.1) is 6.92 Å². The van der Waals surface area contributed by atoms with E-state index in [2.05, 4.69) is 37.2 Å². The molecule has 0 amide bonds. The predicted molar refractivity (Wildman–Crippen MR) is 84.5 cm³/mol. The lowest BCUT2D eigenvalue weighted by Crippen LogP contribution is -2.42. The van der Waals surface area contributed by atoms with Gasteiger partial charge in [0.15, 0.2) is 5.57 Å². The van der Waals surface area contributed by atoms with E-state index in [1.807, 2.05) is 19.1 Å². The number of carbonyl (C=O) groups is 2. The molecule has 0 aromatic heterocycles. The van der Waals surface area contributed by atoms with E-state index in [4.69, 9.17) is 9.47 Å². The minimum atomic E-state index is -1.24. The first-order valence-corrected chi connectivity index (χ1v) is 7.68. The molecule has 5 nitrogen and oxygen atoms in total. The van der Waals surface area contributed by atoms with Crippen molar-refractivity contribution in [2.75, 3.05) is 5.32 Å². The maximum atomic E-state index is 11.8. The van der Waals surface area contributed by atoms with Gasteiger partial charge in [0.2, 0.25) is 0 Å². The van der Waals surface area contributed by atoms with Gasteiger partial charge >= 0.3 is 11.9 Å². The van der Waals surface area contributed by atoms with Gasteiger partial charge in [0.25, 0.3) is 5.79 Å². The predicted octanol–water partition coefficient (Wildman–Crippen LogP) is 3.65. The maximum Gasteiger partial charge on any atom is 0.350 e. The van der Waals surface area contributed by atoms with Crippen molar-refractivity contribution in [2.24, 2.45) is 0 Å². The van der Waals surface area contributed by atoms with Crippen molar-refractivity contribution in [1.82, 2.24) is 0 Å². The summed E-state index contributed by atoms with van der Waals surface area (Å²) in [5.74, 6) is -2.66. The lowest BCUT2D eigenvalue weighted by molar-refractivity contribution is -0.222. The van der Waals surface area contributed by atoms with Gasteiger partial charge in [0.1, 0.15) is 0 Å². The normalized spacial score (nSPS) is 17.1. The van der Waals surface area contributed by atoms with Gasteiger partial charge in [-0.2, -0.15) is 0 Å². The highest BCUT2D eigenvalue weighted by Gasteiger charge is 2.38. The van der Waals surface area contributed by atoms with Crippen LogP contribution in [0.15, 0.2) is 32.9 Å². The van der Waals surface area contributed by atoms with Crippen LogP contribution in [-0.2, 0) is 19.1 Å². The van der Waals surface area contributed by atoms with Crippen LogP contribution < -0.4 is 5.32 Å². The summed E-state index contributed by atoms with van der Waals surface area (Å²) in [6.07, 6.45) is 1.29. The van der Waals surface area contributed by atoms with Crippen molar-refractivity contribution in [3.8, 4) is 0 Å². The van der Waals surface area contributed by atoms with Crippen LogP contribution in [-0.4, -0.2) is 17.7 Å². The van der Waals surface area contributed by atoms with Crippen LogP contribution in [0.1, 0.15) is 19.4 Å². The van der Waals surface area contributed by atoms with Crippen molar-refractivity contribution in [3.63, 3.8) is 0 Å².